The van der Waals surface area contributed by atoms with Gasteiger partial charge in [-0.1, -0.05) is 0 Å². The predicted molar refractivity (Wildman–Crippen MR) is 67.6 cm³/mol. The average Bonchev–Trinajstić information content (AvgIpc) is 2.90. The molecule has 0 saturated carbocycles. The van der Waals surface area contributed by atoms with E-state index in [2.05, 4.69) is 5.32 Å². The standard InChI is InChI=1S/C13H10F3NOS/c14-13(15,16)9-1-2-11-10(5-9)17-6-12(18-11)8-3-4-19-7-8/h1-5,7,12,17H,6H2. The maximum absolute atomic E-state index is 12.6. The van der Waals surface area contributed by atoms with Crippen LogP contribution in [0.15, 0.2) is 35.0 Å². The molecule has 1 unspecified atom stereocenters. The third kappa shape index (κ3) is 2.40. The molecule has 100 valence electrons. The van der Waals surface area contributed by atoms with Gasteiger partial charge in [-0.3, -0.25) is 0 Å². The fourth-order valence-electron chi connectivity index (χ4n) is 1.99. The molecule has 1 N–H and O–H groups in total. The average molecular weight is 285 g/mol. The molecular formula is C13H10F3NOS. The SMILES string of the molecule is FC(F)(F)c1ccc2c(c1)NCC(c1ccsc1)O2. The molecule has 6 heteroatoms. The fraction of sp³-hybridized carbons (Fsp3) is 0.231. The summed E-state index contributed by atoms with van der Waals surface area (Å²) in [6.07, 6.45) is -4.49. The van der Waals surface area contributed by atoms with Crippen LogP contribution in [0.25, 0.3) is 0 Å². The van der Waals surface area contributed by atoms with E-state index < -0.39 is 11.7 Å². The van der Waals surface area contributed by atoms with Crippen molar-refractivity contribution in [2.24, 2.45) is 0 Å². The summed E-state index contributed by atoms with van der Waals surface area (Å²) in [5, 5.41) is 6.91. The second-order valence-electron chi connectivity index (χ2n) is 4.25. The summed E-state index contributed by atoms with van der Waals surface area (Å²) in [5.74, 6) is 0.454. The van der Waals surface area contributed by atoms with E-state index in [1.165, 1.54) is 6.07 Å². The Balaban J connectivity index is 1.87. The van der Waals surface area contributed by atoms with Gasteiger partial charge in [-0.05, 0) is 35.0 Å². The molecule has 0 spiro atoms. The molecule has 19 heavy (non-hydrogen) atoms. The van der Waals surface area contributed by atoms with E-state index in [1.807, 2.05) is 16.8 Å². The maximum Gasteiger partial charge on any atom is 0.416 e. The van der Waals surface area contributed by atoms with Gasteiger partial charge in [0.15, 0.2) is 0 Å². The topological polar surface area (TPSA) is 21.3 Å². The van der Waals surface area contributed by atoms with Crippen molar-refractivity contribution in [1.82, 2.24) is 0 Å². The number of nitrogens with one attached hydrogen (secondary N) is 1. The van der Waals surface area contributed by atoms with Gasteiger partial charge in [-0.2, -0.15) is 24.5 Å². The molecule has 0 radical (unpaired) electrons. The van der Waals surface area contributed by atoms with Gasteiger partial charge < -0.3 is 10.1 Å². The largest absolute Gasteiger partial charge is 0.482 e. The Bertz CT molecular complexity index is 580. The van der Waals surface area contributed by atoms with E-state index in [4.69, 9.17) is 4.74 Å². The molecular weight excluding hydrogens is 275 g/mol. The summed E-state index contributed by atoms with van der Waals surface area (Å²) in [4.78, 5) is 0. The second kappa shape index (κ2) is 4.45. The van der Waals surface area contributed by atoms with E-state index >= 15 is 0 Å². The monoisotopic (exact) mass is 285 g/mol. The summed E-state index contributed by atoms with van der Waals surface area (Å²) >= 11 is 1.56. The van der Waals surface area contributed by atoms with Crippen LogP contribution in [0, 0.1) is 0 Å². The highest BCUT2D eigenvalue weighted by Crippen LogP contribution is 2.39. The molecule has 1 aliphatic rings. The van der Waals surface area contributed by atoms with E-state index in [9.17, 15) is 13.2 Å². The fourth-order valence-corrected chi connectivity index (χ4v) is 2.69. The highest BCUT2D eigenvalue weighted by molar-refractivity contribution is 7.07. The van der Waals surface area contributed by atoms with Crippen LogP contribution in [0.2, 0.25) is 0 Å². The van der Waals surface area contributed by atoms with E-state index in [-0.39, 0.29) is 6.10 Å². The first-order valence-corrected chi connectivity index (χ1v) is 6.62. The zero-order chi connectivity index (χ0) is 13.5. The lowest BCUT2D eigenvalue weighted by atomic mass is 10.1. The van der Waals surface area contributed by atoms with Crippen LogP contribution in [0.5, 0.6) is 5.75 Å². The highest BCUT2D eigenvalue weighted by Gasteiger charge is 2.32. The van der Waals surface area contributed by atoms with Crippen LogP contribution in [0.1, 0.15) is 17.2 Å². The van der Waals surface area contributed by atoms with Gasteiger partial charge in [0.2, 0.25) is 0 Å². The number of rotatable bonds is 1. The lowest BCUT2D eigenvalue weighted by Gasteiger charge is -2.27. The molecule has 0 saturated heterocycles. The van der Waals surface area contributed by atoms with Crippen LogP contribution < -0.4 is 10.1 Å². The van der Waals surface area contributed by atoms with E-state index in [0.29, 0.717) is 18.0 Å². The summed E-state index contributed by atoms with van der Waals surface area (Å²) in [7, 11) is 0. The minimum absolute atomic E-state index is 0.157. The molecule has 0 aliphatic carbocycles. The molecule has 3 rings (SSSR count). The van der Waals surface area contributed by atoms with Crippen molar-refractivity contribution in [2.75, 3.05) is 11.9 Å². The molecule has 0 amide bonds. The molecule has 2 nitrogen and oxygen atoms in total. The summed E-state index contributed by atoms with van der Waals surface area (Å²) < 4.78 is 43.5. The van der Waals surface area contributed by atoms with Gasteiger partial charge in [0.1, 0.15) is 11.9 Å². The smallest absolute Gasteiger partial charge is 0.416 e. The zero-order valence-electron chi connectivity index (χ0n) is 9.70. The quantitative estimate of drug-likeness (QED) is 0.843. The predicted octanol–water partition coefficient (Wildman–Crippen LogP) is 4.31. The Morgan fingerprint density at radius 3 is 2.79 bits per heavy atom. The third-order valence-corrected chi connectivity index (χ3v) is 3.67. The zero-order valence-corrected chi connectivity index (χ0v) is 10.5. The number of fused-ring (bicyclic) bond motifs is 1. The number of halogens is 3. The van der Waals surface area contributed by atoms with Crippen molar-refractivity contribution < 1.29 is 17.9 Å². The van der Waals surface area contributed by atoms with Crippen LogP contribution in [0.3, 0.4) is 0 Å². The molecule has 0 bridgehead atoms. The maximum atomic E-state index is 12.6. The van der Waals surface area contributed by atoms with Crippen LogP contribution in [0.4, 0.5) is 18.9 Å². The lowest BCUT2D eigenvalue weighted by molar-refractivity contribution is -0.137. The molecule has 2 aromatic rings. The van der Waals surface area contributed by atoms with Gasteiger partial charge in [0.25, 0.3) is 0 Å². The summed E-state index contributed by atoms with van der Waals surface area (Å²) in [6, 6.07) is 5.44. The molecule has 1 aliphatic heterocycles. The van der Waals surface area contributed by atoms with Crippen LogP contribution in [-0.2, 0) is 6.18 Å². The number of benzene rings is 1. The number of anilines is 1. The normalized spacial score (nSPS) is 18.4. The first-order chi connectivity index (χ1) is 9.04. The molecule has 1 aromatic carbocycles. The molecule has 1 aromatic heterocycles. The van der Waals surface area contributed by atoms with Crippen molar-refractivity contribution in [3.8, 4) is 5.75 Å². The Morgan fingerprint density at radius 2 is 2.11 bits per heavy atom. The van der Waals surface area contributed by atoms with Crippen molar-refractivity contribution >= 4 is 17.0 Å². The van der Waals surface area contributed by atoms with E-state index in [1.54, 1.807) is 11.3 Å². The van der Waals surface area contributed by atoms with Crippen molar-refractivity contribution in [3.05, 3.63) is 46.2 Å². The summed E-state index contributed by atoms with van der Waals surface area (Å²) in [6.45, 7) is 0.463. The van der Waals surface area contributed by atoms with Gasteiger partial charge >= 0.3 is 6.18 Å². The number of hydrogen-bond donors (Lipinski definition) is 1. The molecule has 1 atom stereocenters. The molecule has 0 fully saturated rings. The Hall–Kier alpha value is -1.69. The van der Waals surface area contributed by atoms with Gasteiger partial charge in [0, 0.05) is 5.56 Å². The third-order valence-electron chi connectivity index (χ3n) is 2.97. The van der Waals surface area contributed by atoms with Crippen LogP contribution in [-0.4, -0.2) is 6.54 Å². The molecule has 2 heterocycles. The Labute approximate surface area is 111 Å². The van der Waals surface area contributed by atoms with E-state index in [0.717, 1.165) is 17.7 Å². The van der Waals surface area contributed by atoms with Crippen molar-refractivity contribution in [1.29, 1.82) is 0 Å². The number of alkyl halides is 3. The first kappa shape index (κ1) is 12.3. The number of thiophene rings is 1. The van der Waals surface area contributed by atoms with Crippen molar-refractivity contribution in [2.45, 2.75) is 12.3 Å². The minimum Gasteiger partial charge on any atom is -0.482 e. The van der Waals surface area contributed by atoms with Crippen molar-refractivity contribution in [3.63, 3.8) is 0 Å². The second-order valence-corrected chi connectivity index (χ2v) is 5.03. The van der Waals surface area contributed by atoms with Gasteiger partial charge in [-0.15, -0.1) is 0 Å². The Kier molecular flexibility index (Phi) is 2.89. The van der Waals surface area contributed by atoms with Gasteiger partial charge in [0.05, 0.1) is 17.8 Å². The first-order valence-electron chi connectivity index (χ1n) is 5.68. The highest BCUT2D eigenvalue weighted by atomic mass is 32.1. The summed E-state index contributed by atoms with van der Waals surface area (Å²) in [5.41, 5.74) is 0.751. The number of ether oxygens (including phenoxy) is 1. The van der Waals surface area contributed by atoms with Gasteiger partial charge in [-0.25, -0.2) is 0 Å². The van der Waals surface area contributed by atoms with Crippen LogP contribution >= 0.6 is 11.3 Å². The Morgan fingerprint density at radius 1 is 1.26 bits per heavy atom. The number of hydrogen-bond acceptors (Lipinski definition) is 3. The lowest BCUT2D eigenvalue weighted by Crippen LogP contribution is -2.23. The minimum atomic E-state index is -4.33.